The Hall–Kier alpha value is -3.14. The van der Waals surface area contributed by atoms with Crippen molar-refractivity contribution in [3.63, 3.8) is 0 Å². The van der Waals surface area contributed by atoms with Crippen molar-refractivity contribution in [3.8, 4) is 5.75 Å². The molecule has 1 aliphatic rings. The van der Waals surface area contributed by atoms with Crippen LogP contribution in [0.3, 0.4) is 0 Å². The van der Waals surface area contributed by atoms with Crippen molar-refractivity contribution >= 4 is 40.9 Å². The normalized spacial score (nSPS) is 13.2. The van der Waals surface area contributed by atoms with Gasteiger partial charge in [-0.3, -0.25) is 19.5 Å². The van der Waals surface area contributed by atoms with Crippen LogP contribution in [0.2, 0.25) is 5.15 Å². The molecule has 1 aliphatic heterocycles. The van der Waals surface area contributed by atoms with Gasteiger partial charge in [0.1, 0.15) is 18.0 Å². The average molecular weight is 462 g/mol. The maximum absolute atomic E-state index is 13.1. The van der Waals surface area contributed by atoms with Crippen LogP contribution in [0.15, 0.2) is 6.20 Å². The number of carbonyl (C=O) groups excluding carboxylic acids is 2. The summed E-state index contributed by atoms with van der Waals surface area (Å²) in [7, 11) is 1.61. The lowest BCUT2D eigenvalue weighted by Gasteiger charge is -2.37. The topological polar surface area (TPSA) is 118 Å². The largest absolute Gasteiger partial charge is 0.496 e. The van der Waals surface area contributed by atoms with Crippen LogP contribution < -0.4 is 20.3 Å². The zero-order valence-corrected chi connectivity index (χ0v) is 19.7. The summed E-state index contributed by atoms with van der Waals surface area (Å²) in [5, 5.41) is 0.0177. The SMILES string of the molecule is CCN(CC)C(=O)CN1C(=O)CN(Cc2ncc(C)c(OC)c2C)c2nc(N)nc(Cl)c21. The molecule has 0 aromatic carbocycles. The van der Waals surface area contributed by atoms with Crippen LogP contribution in [-0.2, 0) is 16.1 Å². The van der Waals surface area contributed by atoms with E-state index in [-0.39, 0.29) is 48.2 Å². The van der Waals surface area contributed by atoms with Crippen molar-refractivity contribution < 1.29 is 14.3 Å². The number of hydrogen-bond donors (Lipinski definition) is 1. The number of fused-ring (bicyclic) bond motifs is 1. The monoisotopic (exact) mass is 461 g/mol. The van der Waals surface area contributed by atoms with Gasteiger partial charge >= 0.3 is 0 Å². The third kappa shape index (κ3) is 4.40. The Morgan fingerprint density at radius 1 is 1.28 bits per heavy atom. The lowest BCUT2D eigenvalue weighted by Crippen LogP contribution is -2.50. The Labute approximate surface area is 192 Å². The molecule has 11 heteroatoms. The molecule has 3 rings (SSSR count). The van der Waals surface area contributed by atoms with Crippen molar-refractivity contribution in [1.82, 2.24) is 19.9 Å². The van der Waals surface area contributed by atoms with E-state index in [1.807, 2.05) is 27.7 Å². The second-order valence-electron chi connectivity index (χ2n) is 7.49. The first-order valence-electron chi connectivity index (χ1n) is 10.4. The molecule has 10 nitrogen and oxygen atoms in total. The van der Waals surface area contributed by atoms with Crippen LogP contribution in [0, 0.1) is 13.8 Å². The minimum absolute atomic E-state index is 0.0113. The fraction of sp³-hybridized carbons (Fsp3) is 0.476. The van der Waals surface area contributed by atoms with Crippen molar-refractivity contribution in [1.29, 1.82) is 0 Å². The van der Waals surface area contributed by atoms with Crippen LogP contribution in [0.4, 0.5) is 17.5 Å². The second-order valence-corrected chi connectivity index (χ2v) is 7.85. The molecule has 0 fully saturated rings. The number of pyridine rings is 1. The summed E-state index contributed by atoms with van der Waals surface area (Å²) in [6, 6.07) is 0. The average Bonchev–Trinajstić information content (AvgIpc) is 2.74. The first kappa shape index (κ1) is 23.5. The summed E-state index contributed by atoms with van der Waals surface area (Å²) in [4.78, 5) is 43.4. The molecule has 172 valence electrons. The van der Waals surface area contributed by atoms with E-state index in [1.54, 1.807) is 23.1 Å². The number of halogens is 1. The van der Waals surface area contributed by atoms with Crippen molar-refractivity contribution in [2.45, 2.75) is 34.2 Å². The summed E-state index contributed by atoms with van der Waals surface area (Å²) in [5.74, 6) is 0.635. The molecule has 3 heterocycles. The molecule has 0 saturated heterocycles. The zero-order chi connectivity index (χ0) is 23.6. The molecule has 0 saturated carbocycles. The van der Waals surface area contributed by atoms with Gasteiger partial charge in [-0.25, -0.2) is 0 Å². The minimum atomic E-state index is -0.287. The summed E-state index contributed by atoms with van der Waals surface area (Å²) >= 11 is 6.39. The number of anilines is 3. The third-order valence-electron chi connectivity index (χ3n) is 5.54. The standard InChI is InChI=1S/C21H28ClN7O3/c1-6-27(7-2)15(30)11-29-16(31)10-28(20-17(29)19(22)25-21(23)26-20)9-14-13(4)18(32-5)12(3)8-24-14/h8H,6-7,9-11H2,1-5H3,(H2,23,25,26). The highest BCUT2D eigenvalue weighted by molar-refractivity contribution is 6.34. The summed E-state index contributed by atoms with van der Waals surface area (Å²) < 4.78 is 5.50. The molecular weight excluding hydrogens is 434 g/mol. The highest BCUT2D eigenvalue weighted by Crippen LogP contribution is 2.38. The first-order valence-corrected chi connectivity index (χ1v) is 10.7. The van der Waals surface area contributed by atoms with E-state index in [4.69, 9.17) is 22.1 Å². The number of rotatable bonds is 7. The van der Waals surface area contributed by atoms with Gasteiger partial charge < -0.3 is 20.3 Å². The van der Waals surface area contributed by atoms with E-state index in [2.05, 4.69) is 15.0 Å². The highest BCUT2D eigenvalue weighted by atomic mass is 35.5. The van der Waals surface area contributed by atoms with E-state index in [0.717, 1.165) is 22.6 Å². The number of nitrogens with two attached hydrogens (primary N) is 1. The number of nitrogen functional groups attached to an aromatic ring is 1. The fourth-order valence-electron chi connectivity index (χ4n) is 3.85. The molecule has 0 unspecified atom stereocenters. The quantitative estimate of drug-likeness (QED) is 0.621. The molecule has 32 heavy (non-hydrogen) atoms. The van der Waals surface area contributed by atoms with Crippen molar-refractivity contribution in [2.24, 2.45) is 0 Å². The summed E-state index contributed by atoms with van der Waals surface area (Å²) in [6.07, 6.45) is 1.73. The molecule has 0 aliphatic carbocycles. The van der Waals surface area contributed by atoms with Crippen LogP contribution in [0.25, 0.3) is 0 Å². The van der Waals surface area contributed by atoms with Gasteiger partial charge in [0, 0.05) is 30.4 Å². The van der Waals surface area contributed by atoms with Gasteiger partial charge in [-0.2, -0.15) is 9.97 Å². The number of likely N-dealkylation sites (N-methyl/N-ethyl adjacent to an activating group) is 1. The molecule has 0 radical (unpaired) electrons. The van der Waals surface area contributed by atoms with Crippen LogP contribution in [-0.4, -0.2) is 65.0 Å². The van der Waals surface area contributed by atoms with Crippen LogP contribution in [0.1, 0.15) is 30.7 Å². The Kier molecular flexibility index (Phi) is 7.02. The Balaban J connectivity index is 2.01. The van der Waals surface area contributed by atoms with Gasteiger partial charge in [0.05, 0.1) is 25.9 Å². The molecule has 2 aromatic heterocycles. The third-order valence-corrected chi connectivity index (χ3v) is 5.80. The van der Waals surface area contributed by atoms with Crippen molar-refractivity contribution in [2.75, 3.05) is 48.8 Å². The number of nitrogens with zero attached hydrogens (tertiary/aromatic N) is 6. The van der Waals surface area contributed by atoms with Gasteiger partial charge in [0.25, 0.3) is 0 Å². The predicted octanol–water partition coefficient (Wildman–Crippen LogP) is 1.95. The van der Waals surface area contributed by atoms with E-state index in [1.165, 1.54) is 4.90 Å². The highest BCUT2D eigenvalue weighted by Gasteiger charge is 2.35. The fourth-order valence-corrected chi connectivity index (χ4v) is 4.13. The van der Waals surface area contributed by atoms with E-state index >= 15 is 0 Å². The molecule has 2 amide bonds. The first-order chi connectivity index (χ1) is 15.2. The second kappa shape index (κ2) is 9.56. The number of ether oxygens (including phenoxy) is 1. The van der Waals surface area contributed by atoms with E-state index in [0.29, 0.717) is 18.9 Å². The maximum atomic E-state index is 13.1. The van der Waals surface area contributed by atoms with Gasteiger partial charge in [-0.05, 0) is 27.7 Å². The molecule has 0 spiro atoms. The van der Waals surface area contributed by atoms with Gasteiger partial charge in [0.2, 0.25) is 17.8 Å². The number of aromatic nitrogens is 3. The Bertz CT molecular complexity index is 1040. The molecule has 0 atom stereocenters. The lowest BCUT2D eigenvalue weighted by molar-refractivity contribution is -0.131. The van der Waals surface area contributed by atoms with Gasteiger partial charge in [0.15, 0.2) is 11.0 Å². The number of aryl methyl sites for hydroxylation is 1. The van der Waals surface area contributed by atoms with E-state index in [9.17, 15) is 9.59 Å². The zero-order valence-electron chi connectivity index (χ0n) is 19.0. The predicted molar refractivity (Wildman–Crippen MR) is 123 cm³/mol. The Morgan fingerprint density at radius 2 is 1.97 bits per heavy atom. The van der Waals surface area contributed by atoms with Crippen molar-refractivity contribution in [3.05, 3.63) is 28.2 Å². The minimum Gasteiger partial charge on any atom is -0.496 e. The number of carbonyl (C=O) groups is 2. The summed E-state index contributed by atoms with van der Waals surface area (Å²) in [6.45, 7) is 8.82. The molecular formula is C21H28ClN7O3. The van der Waals surface area contributed by atoms with Crippen LogP contribution >= 0.6 is 11.6 Å². The molecule has 0 bridgehead atoms. The molecule has 2 aromatic rings. The maximum Gasteiger partial charge on any atom is 0.247 e. The van der Waals surface area contributed by atoms with E-state index < -0.39 is 0 Å². The van der Waals surface area contributed by atoms with Gasteiger partial charge in [-0.15, -0.1) is 0 Å². The Morgan fingerprint density at radius 3 is 2.59 bits per heavy atom. The smallest absolute Gasteiger partial charge is 0.247 e. The summed E-state index contributed by atoms with van der Waals surface area (Å²) in [5.41, 5.74) is 8.65. The lowest BCUT2D eigenvalue weighted by atomic mass is 10.1. The number of amides is 2. The number of hydrogen-bond acceptors (Lipinski definition) is 8. The number of methoxy groups -OCH3 is 1. The van der Waals surface area contributed by atoms with Gasteiger partial charge in [-0.1, -0.05) is 11.6 Å². The molecule has 2 N–H and O–H groups in total. The van der Waals surface area contributed by atoms with Crippen LogP contribution in [0.5, 0.6) is 5.75 Å².